The Morgan fingerprint density at radius 2 is 2.23 bits per heavy atom. The van der Waals surface area contributed by atoms with Crippen LogP contribution in [0, 0.1) is 0 Å². The minimum Gasteiger partial charge on any atom is -0.478 e. The van der Waals surface area contributed by atoms with Crippen LogP contribution in [0.25, 0.3) is 0 Å². The van der Waals surface area contributed by atoms with Crippen LogP contribution < -0.4 is 0 Å². The molecular formula is C7H6O4S2. The first kappa shape index (κ1) is 8.71. The summed E-state index contributed by atoms with van der Waals surface area (Å²) in [5.41, 5.74) is 0.624. The molecule has 0 saturated carbocycles. The number of carbonyl (C=O) groups is 1. The van der Waals surface area contributed by atoms with E-state index >= 15 is 0 Å². The third-order valence-electron chi connectivity index (χ3n) is 1.99. The zero-order chi connectivity index (χ0) is 9.64. The summed E-state index contributed by atoms with van der Waals surface area (Å²) >= 11 is 1.01. The Bertz CT molecular complexity index is 469. The summed E-state index contributed by atoms with van der Waals surface area (Å²) < 4.78 is 22.9. The molecule has 70 valence electrons. The Kier molecular flexibility index (Phi) is 1.71. The SMILES string of the molecule is O=C(O)c1csc2c1CCS2(=O)=O. The Balaban J connectivity index is 2.67. The molecule has 6 heteroatoms. The van der Waals surface area contributed by atoms with Gasteiger partial charge in [0.2, 0.25) is 0 Å². The van der Waals surface area contributed by atoms with Crippen molar-refractivity contribution in [1.82, 2.24) is 0 Å². The molecule has 0 saturated heterocycles. The van der Waals surface area contributed by atoms with Crippen molar-refractivity contribution in [1.29, 1.82) is 0 Å². The fourth-order valence-electron chi connectivity index (χ4n) is 1.37. The Morgan fingerprint density at radius 3 is 2.85 bits per heavy atom. The number of aromatic carboxylic acids is 1. The second-order valence-corrected chi connectivity index (χ2v) is 5.97. The lowest BCUT2D eigenvalue weighted by Gasteiger charge is -1.89. The predicted molar refractivity (Wildman–Crippen MR) is 47.0 cm³/mol. The summed E-state index contributed by atoms with van der Waals surface area (Å²) in [7, 11) is -3.16. The fourth-order valence-corrected chi connectivity index (χ4v) is 4.42. The fraction of sp³-hybridized carbons (Fsp3) is 0.286. The molecule has 0 radical (unpaired) electrons. The van der Waals surface area contributed by atoms with Crippen molar-refractivity contribution >= 4 is 27.1 Å². The van der Waals surface area contributed by atoms with Gasteiger partial charge in [-0.2, -0.15) is 0 Å². The highest BCUT2D eigenvalue weighted by atomic mass is 32.2. The summed E-state index contributed by atoms with van der Waals surface area (Å²) in [6.45, 7) is 0. The highest BCUT2D eigenvalue weighted by Crippen LogP contribution is 2.34. The molecule has 1 aliphatic rings. The van der Waals surface area contributed by atoms with E-state index in [1.54, 1.807) is 0 Å². The van der Waals surface area contributed by atoms with E-state index < -0.39 is 15.8 Å². The molecule has 0 bridgehead atoms. The van der Waals surface area contributed by atoms with Gasteiger partial charge in [0.1, 0.15) is 4.21 Å². The molecule has 4 nitrogen and oxygen atoms in total. The van der Waals surface area contributed by atoms with E-state index in [0.717, 1.165) is 11.3 Å². The maximum absolute atomic E-state index is 11.3. The molecule has 0 spiro atoms. The zero-order valence-electron chi connectivity index (χ0n) is 6.48. The molecule has 1 aromatic heterocycles. The number of carboxylic acids is 1. The van der Waals surface area contributed by atoms with Crippen LogP contribution >= 0.6 is 11.3 Å². The van der Waals surface area contributed by atoms with Gasteiger partial charge in [-0.05, 0) is 12.0 Å². The minimum atomic E-state index is -3.16. The minimum absolute atomic E-state index is 0.0509. The highest BCUT2D eigenvalue weighted by molar-refractivity contribution is 7.93. The van der Waals surface area contributed by atoms with Gasteiger partial charge in [0.25, 0.3) is 0 Å². The first-order valence-electron chi connectivity index (χ1n) is 3.59. The van der Waals surface area contributed by atoms with E-state index in [-0.39, 0.29) is 15.5 Å². The molecule has 13 heavy (non-hydrogen) atoms. The quantitative estimate of drug-likeness (QED) is 0.756. The predicted octanol–water partition coefficient (Wildman–Crippen LogP) is 0.776. The molecular weight excluding hydrogens is 212 g/mol. The number of thiophene rings is 1. The normalized spacial score (nSPS) is 18.5. The van der Waals surface area contributed by atoms with Gasteiger partial charge in [-0.15, -0.1) is 11.3 Å². The number of fused-ring (bicyclic) bond motifs is 1. The van der Waals surface area contributed by atoms with E-state index in [1.807, 2.05) is 0 Å². The average Bonchev–Trinajstić information content (AvgIpc) is 2.52. The van der Waals surface area contributed by atoms with Crippen LogP contribution in [-0.2, 0) is 16.3 Å². The van der Waals surface area contributed by atoms with Crippen LogP contribution in [0.2, 0.25) is 0 Å². The summed E-state index contributed by atoms with van der Waals surface area (Å²) in [4.78, 5) is 10.6. The van der Waals surface area contributed by atoms with Crippen molar-refractivity contribution in [3.05, 3.63) is 16.5 Å². The Labute approximate surface area is 78.7 Å². The van der Waals surface area contributed by atoms with Crippen LogP contribution in [-0.4, -0.2) is 25.2 Å². The van der Waals surface area contributed by atoms with Gasteiger partial charge in [0.15, 0.2) is 9.84 Å². The van der Waals surface area contributed by atoms with Crippen molar-refractivity contribution in [2.45, 2.75) is 10.6 Å². The van der Waals surface area contributed by atoms with Gasteiger partial charge in [0, 0.05) is 5.38 Å². The van der Waals surface area contributed by atoms with Crippen molar-refractivity contribution in [3.63, 3.8) is 0 Å². The standard InChI is InChI=1S/C7H6O4S2/c8-6(9)5-3-12-7-4(5)1-2-13(7,10)11/h3H,1-2H2,(H,8,9). The van der Waals surface area contributed by atoms with Crippen molar-refractivity contribution in [3.8, 4) is 0 Å². The maximum atomic E-state index is 11.3. The monoisotopic (exact) mass is 218 g/mol. The molecule has 0 aromatic carbocycles. The van der Waals surface area contributed by atoms with Gasteiger partial charge >= 0.3 is 5.97 Å². The second kappa shape index (κ2) is 2.55. The number of sulfone groups is 1. The van der Waals surface area contributed by atoms with Crippen LogP contribution in [0.3, 0.4) is 0 Å². The summed E-state index contributed by atoms with van der Waals surface area (Å²) in [5.74, 6) is -0.996. The van der Waals surface area contributed by atoms with E-state index in [4.69, 9.17) is 5.11 Å². The molecule has 0 amide bonds. The summed E-state index contributed by atoms with van der Waals surface area (Å²) in [6, 6.07) is 0. The molecule has 2 heterocycles. The number of hydrogen-bond acceptors (Lipinski definition) is 4. The lowest BCUT2D eigenvalue weighted by Crippen LogP contribution is -1.98. The van der Waals surface area contributed by atoms with Gasteiger partial charge in [-0.25, -0.2) is 13.2 Å². The van der Waals surface area contributed by atoms with Crippen LogP contribution in [0.4, 0.5) is 0 Å². The van der Waals surface area contributed by atoms with Crippen LogP contribution in [0.15, 0.2) is 9.59 Å². The molecule has 0 aliphatic carbocycles. The van der Waals surface area contributed by atoms with Gasteiger partial charge < -0.3 is 5.11 Å². The molecule has 0 fully saturated rings. The van der Waals surface area contributed by atoms with Gasteiger partial charge in [-0.1, -0.05) is 0 Å². The molecule has 0 atom stereocenters. The van der Waals surface area contributed by atoms with E-state index in [9.17, 15) is 13.2 Å². The van der Waals surface area contributed by atoms with Crippen LogP contribution in [0.1, 0.15) is 15.9 Å². The van der Waals surface area contributed by atoms with Gasteiger partial charge in [0.05, 0.1) is 11.3 Å². The third-order valence-corrected chi connectivity index (χ3v) is 5.41. The van der Waals surface area contributed by atoms with Crippen molar-refractivity contribution in [2.24, 2.45) is 0 Å². The number of rotatable bonds is 1. The second-order valence-electron chi connectivity index (χ2n) is 2.79. The van der Waals surface area contributed by atoms with Crippen molar-refractivity contribution in [2.75, 3.05) is 5.75 Å². The molecule has 1 aromatic rings. The molecule has 1 N–H and O–H groups in total. The molecule has 0 unspecified atom stereocenters. The average molecular weight is 218 g/mol. The lowest BCUT2D eigenvalue weighted by molar-refractivity contribution is 0.0696. The Hall–Kier alpha value is -0.880. The summed E-state index contributed by atoms with van der Waals surface area (Å²) in [6.07, 6.45) is 0.336. The van der Waals surface area contributed by atoms with Crippen molar-refractivity contribution < 1.29 is 18.3 Å². The van der Waals surface area contributed by atoms with E-state index in [1.165, 1.54) is 5.38 Å². The topological polar surface area (TPSA) is 71.4 Å². The Morgan fingerprint density at radius 1 is 1.54 bits per heavy atom. The lowest BCUT2D eigenvalue weighted by atomic mass is 10.1. The maximum Gasteiger partial charge on any atom is 0.336 e. The number of hydrogen-bond donors (Lipinski definition) is 1. The first-order chi connectivity index (χ1) is 6.02. The molecule has 1 aliphatic heterocycles. The zero-order valence-corrected chi connectivity index (χ0v) is 8.11. The van der Waals surface area contributed by atoms with Gasteiger partial charge in [-0.3, -0.25) is 0 Å². The smallest absolute Gasteiger partial charge is 0.336 e. The molecule has 2 rings (SSSR count). The largest absolute Gasteiger partial charge is 0.478 e. The number of carboxylic acid groups (broad SMARTS) is 1. The summed E-state index contributed by atoms with van der Waals surface area (Å²) in [5, 5.41) is 10.1. The highest BCUT2D eigenvalue weighted by Gasteiger charge is 2.32. The van der Waals surface area contributed by atoms with Crippen LogP contribution in [0.5, 0.6) is 0 Å². The third kappa shape index (κ3) is 1.17. The van der Waals surface area contributed by atoms with E-state index in [2.05, 4.69) is 0 Å². The van der Waals surface area contributed by atoms with E-state index in [0.29, 0.717) is 12.0 Å². The first-order valence-corrected chi connectivity index (χ1v) is 6.12.